The van der Waals surface area contributed by atoms with Gasteiger partial charge in [0.2, 0.25) is 0 Å². The monoisotopic (exact) mass is 358 g/mol. The Labute approximate surface area is 117 Å². The lowest BCUT2D eigenvalue weighted by atomic mass is 10.2. The fraction of sp³-hybridized carbons (Fsp3) is 0.250. The summed E-state index contributed by atoms with van der Waals surface area (Å²) in [5.41, 5.74) is 6.45. The van der Waals surface area contributed by atoms with Crippen molar-refractivity contribution in [2.45, 2.75) is 12.8 Å². The Morgan fingerprint density at radius 3 is 2.88 bits per heavy atom. The highest BCUT2D eigenvalue weighted by Crippen LogP contribution is 2.31. The van der Waals surface area contributed by atoms with E-state index in [-0.39, 0.29) is 0 Å². The van der Waals surface area contributed by atoms with Crippen molar-refractivity contribution < 1.29 is 4.42 Å². The minimum atomic E-state index is 0.651. The summed E-state index contributed by atoms with van der Waals surface area (Å²) in [5, 5.41) is 0. The van der Waals surface area contributed by atoms with E-state index in [9.17, 15) is 0 Å². The lowest BCUT2D eigenvalue weighted by Gasteiger charge is -2.01. The van der Waals surface area contributed by atoms with Crippen LogP contribution in [-0.2, 0) is 6.42 Å². The number of oxazole rings is 1. The minimum absolute atomic E-state index is 0.651. The van der Waals surface area contributed by atoms with Gasteiger partial charge in [0.1, 0.15) is 0 Å². The molecule has 0 spiro atoms. The third kappa shape index (κ3) is 3.18. The SMILES string of the molecule is NCCCc1ncc(-c2cc(Br)ccc2Br)o1. The van der Waals surface area contributed by atoms with Crippen LogP contribution in [0, 0.1) is 0 Å². The van der Waals surface area contributed by atoms with Gasteiger partial charge < -0.3 is 10.2 Å². The Balaban J connectivity index is 2.27. The second kappa shape index (κ2) is 5.80. The van der Waals surface area contributed by atoms with Gasteiger partial charge in [0, 0.05) is 20.9 Å². The predicted octanol–water partition coefficient (Wildman–Crippen LogP) is 3.76. The summed E-state index contributed by atoms with van der Waals surface area (Å²) >= 11 is 6.94. The van der Waals surface area contributed by atoms with Crippen molar-refractivity contribution in [3.8, 4) is 11.3 Å². The molecule has 0 atom stereocenters. The molecule has 1 aromatic heterocycles. The van der Waals surface area contributed by atoms with E-state index in [0.29, 0.717) is 6.54 Å². The molecule has 1 heterocycles. The number of aromatic nitrogens is 1. The molecule has 1 aromatic carbocycles. The average molecular weight is 360 g/mol. The van der Waals surface area contributed by atoms with Gasteiger partial charge in [-0.05, 0) is 31.2 Å². The minimum Gasteiger partial charge on any atom is -0.441 e. The number of rotatable bonds is 4. The fourth-order valence-corrected chi connectivity index (χ4v) is 2.29. The first-order chi connectivity index (χ1) is 8.20. The van der Waals surface area contributed by atoms with E-state index < -0.39 is 0 Å². The second-order valence-corrected chi connectivity index (χ2v) is 5.40. The Morgan fingerprint density at radius 1 is 1.29 bits per heavy atom. The average Bonchev–Trinajstić information content (AvgIpc) is 2.78. The molecule has 0 unspecified atom stereocenters. The molecule has 0 fully saturated rings. The lowest BCUT2D eigenvalue weighted by molar-refractivity contribution is 0.499. The molecule has 0 aliphatic heterocycles. The summed E-state index contributed by atoms with van der Waals surface area (Å²) < 4.78 is 7.69. The third-order valence-corrected chi connectivity index (χ3v) is 3.53. The van der Waals surface area contributed by atoms with Crippen LogP contribution in [-0.4, -0.2) is 11.5 Å². The molecule has 17 heavy (non-hydrogen) atoms. The smallest absolute Gasteiger partial charge is 0.194 e. The van der Waals surface area contributed by atoms with Gasteiger partial charge >= 0.3 is 0 Å². The van der Waals surface area contributed by atoms with Gasteiger partial charge in [-0.1, -0.05) is 31.9 Å². The number of nitrogens with two attached hydrogens (primary N) is 1. The van der Waals surface area contributed by atoms with Crippen molar-refractivity contribution in [1.29, 1.82) is 0 Å². The van der Waals surface area contributed by atoms with Crippen LogP contribution in [0.15, 0.2) is 37.8 Å². The first kappa shape index (κ1) is 12.8. The van der Waals surface area contributed by atoms with Crippen LogP contribution >= 0.6 is 31.9 Å². The van der Waals surface area contributed by atoms with E-state index in [1.54, 1.807) is 6.20 Å². The van der Waals surface area contributed by atoms with Crippen LogP contribution in [0.5, 0.6) is 0 Å². The Morgan fingerprint density at radius 2 is 2.12 bits per heavy atom. The van der Waals surface area contributed by atoms with Crippen molar-refractivity contribution in [3.63, 3.8) is 0 Å². The first-order valence-electron chi connectivity index (χ1n) is 5.31. The van der Waals surface area contributed by atoms with E-state index in [2.05, 4.69) is 36.8 Å². The summed E-state index contributed by atoms with van der Waals surface area (Å²) in [6.07, 6.45) is 3.42. The first-order valence-corrected chi connectivity index (χ1v) is 6.89. The molecule has 0 amide bonds. The molecule has 3 nitrogen and oxygen atoms in total. The van der Waals surface area contributed by atoms with Crippen LogP contribution in [0.3, 0.4) is 0 Å². The third-order valence-electron chi connectivity index (χ3n) is 2.34. The number of hydrogen-bond donors (Lipinski definition) is 1. The van der Waals surface area contributed by atoms with Crippen molar-refractivity contribution in [3.05, 3.63) is 39.2 Å². The van der Waals surface area contributed by atoms with Gasteiger partial charge in [0.25, 0.3) is 0 Å². The summed E-state index contributed by atoms with van der Waals surface area (Å²) in [6, 6.07) is 5.94. The standard InChI is InChI=1S/C12H12Br2N2O/c13-8-3-4-10(14)9(6-8)11-7-16-12(17-11)2-1-5-15/h3-4,6-7H,1-2,5,15H2. The van der Waals surface area contributed by atoms with Crippen LogP contribution in [0.4, 0.5) is 0 Å². The van der Waals surface area contributed by atoms with Gasteiger partial charge in [-0.15, -0.1) is 0 Å². The molecule has 2 aromatic rings. The molecule has 2 N–H and O–H groups in total. The van der Waals surface area contributed by atoms with Gasteiger partial charge in [0.15, 0.2) is 11.7 Å². The highest BCUT2D eigenvalue weighted by atomic mass is 79.9. The normalized spacial score (nSPS) is 10.8. The Hall–Kier alpha value is -0.650. The largest absolute Gasteiger partial charge is 0.441 e. The molecule has 5 heteroatoms. The molecule has 0 saturated carbocycles. The molecular weight excluding hydrogens is 348 g/mol. The Kier molecular flexibility index (Phi) is 4.36. The summed E-state index contributed by atoms with van der Waals surface area (Å²) in [4.78, 5) is 4.24. The zero-order valence-corrected chi connectivity index (χ0v) is 12.3. The highest BCUT2D eigenvalue weighted by Gasteiger charge is 2.09. The number of halogens is 2. The molecule has 0 aliphatic carbocycles. The molecular formula is C12H12Br2N2O. The molecule has 0 aliphatic rings. The highest BCUT2D eigenvalue weighted by molar-refractivity contribution is 9.11. The maximum absolute atomic E-state index is 5.69. The van der Waals surface area contributed by atoms with Gasteiger partial charge in [-0.25, -0.2) is 4.98 Å². The van der Waals surface area contributed by atoms with Crippen LogP contribution in [0.2, 0.25) is 0 Å². The number of aryl methyl sites for hydroxylation is 1. The topological polar surface area (TPSA) is 52.0 Å². The van der Waals surface area contributed by atoms with E-state index >= 15 is 0 Å². The van der Waals surface area contributed by atoms with E-state index in [0.717, 1.165) is 39.0 Å². The van der Waals surface area contributed by atoms with E-state index in [1.807, 2.05) is 18.2 Å². The van der Waals surface area contributed by atoms with Crippen molar-refractivity contribution in [1.82, 2.24) is 4.98 Å². The number of nitrogens with zero attached hydrogens (tertiary/aromatic N) is 1. The number of benzene rings is 1. The molecule has 0 radical (unpaired) electrons. The molecule has 0 bridgehead atoms. The van der Waals surface area contributed by atoms with Crippen molar-refractivity contribution >= 4 is 31.9 Å². The predicted molar refractivity (Wildman–Crippen MR) is 74.7 cm³/mol. The van der Waals surface area contributed by atoms with Gasteiger partial charge in [-0.3, -0.25) is 0 Å². The summed E-state index contributed by atoms with van der Waals surface area (Å²) in [5.74, 6) is 1.50. The summed E-state index contributed by atoms with van der Waals surface area (Å²) in [6.45, 7) is 0.651. The summed E-state index contributed by atoms with van der Waals surface area (Å²) in [7, 11) is 0. The Bertz CT molecular complexity index is 511. The molecule has 0 saturated heterocycles. The zero-order chi connectivity index (χ0) is 12.3. The lowest BCUT2D eigenvalue weighted by Crippen LogP contribution is -2.00. The molecule has 90 valence electrons. The maximum Gasteiger partial charge on any atom is 0.194 e. The van der Waals surface area contributed by atoms with E-state index in [1.165, 1.54) is 0 Å². The van der Waals surface area contributed by atoms with Gasteiger partial charge in [-0.2, -0.15) is 0 Å². The maximum atomic E-state index is 5.69. The van der Waals surface area contributed by atoms with Crippen molar-refractivity contribution in [2.24, 2.45) is 5.73 Å². The van der Waals surface area contributed by atoms with Crippen LogP contribution < -0.4 is 5.73 Å². The number of hydrogen-bond acceptors (Lipinski definition) is 3. The zero-order valence-electron chi connectivity index (χ0n) is 9.12. The quantitative estimate of drug-likeness (QED) is 0.904. The second-order valence-electron chi connectivity index (χ2n) is 3.63. The fourth-order valence-electron chi connectivity index (χ4n) is 1.49. The van der Waals surface area contributed by atoms with Crippen LogP contribution in [0.1, 0.15) is 12.3 Å². The van der Waals surface area contributed by atoms with Crippen LogP contribution in [0.25, 0.3) is 11.3 Å². The van der Waals surface area contributed by atoms with E-state index in [4.69, 9.17) is 10.2 Å². The van der Waals surface area contributed by atoms with Crippen molar-refractivity contribution in [2.75, 3.05) is 6.54 Å². The van der Waals surface area contributed by atoms with Gasteiger partial charge in [0.05, 0.1) is 6.20 Å². The molecule has 2 rings (SSSR count).